The lowest BCUT2D eigenvalue weighted by Crippen LogP contribution is -1.95. The molecule has 9 aromatic carbocycles. The van der Waals surface area contributed by atoms with E-state index in [4.69, 9.17) is 0 Å². The van der Waals surface area contributed by atoms with E-state index in [1.165, 1.54) is 105 Å². The highest BCUT2D eigenvalue weighted by molar-refractivity contribution is 6.29. The maximum atomic E-state index is 2.45. The summed E-state index contributed by atoms with van der Waals surface area (Å²) in [5.74, 6) is 0. The highest BCUT2D eigenvalue weighted by Crippen LogP contribution is 2.46. The monoisotopic (exact) mass is 698 g/mol. The van der Waals surface area contributed by atoms with Crippen molar-refractivity contribution in [1.29, 1.82) is 0 Å². The van der Waals surface area contributed by atoms with Gasteiger partial charge in [0.25, 0.3) is 0 Å². The standard InChI is InChI=1S/C53H34N2/c1-2-13-35(14-3-1)40-18-10-20-42-43-21-11-19-41(47(43)33-46(40)42)36-25-27-38(28-26-36)54-48-22-8-6-16-44(48)52-50(54)30-31-51-53(52)45-17-7-9-23-49(45)55(51)39-29-24-34-12-4-5-15-37(34)32-39/h1-32H,33H2. The van der Waals surface area contributed by atoms with Crippen LogP contribution in [-0.2, 0) is 6.42 Å². The molecule has 2 heterocycles. The molecule has 0 atom stereocenters. The summed E-state index contributed by atoms with van der Waals surface area (Å²) in [7, 11) is 0. The lowest BCUT2D eigenvalue weighted by molar-refractivity contribution is 1.17. The van der Waals surface area contributed by atoms with Gasteiger partial charge in [0.2, 0.25) is 0 Å². The number of benzene rings is 9. The molecule has 0 aliphatic heterocycles. The summed E-state index contributed by atoms with van der Waals surface area (Å²) in [5, 5.41) is 7.62. The predicted octanol–water partition coefficient (Wildman–Crippen LogP) is 13.9. The zero-order chi connectivity index (χ0) is 36.0. The average molecular weight is 699 g/mol. The van der Waals surface area contributed by atoms with E-state index < -0.39 is 0 Å². The number of nitrogens with zero attached hydrogens (tertiary/aromatic N) is 2. The van der Waals surface area contributed by atoms with E-state index in [9.17, 15) is 0 Å². The Morgan fingerprint density at radius 3 is 1.44 bits per heavy atom. The van der Waals surface area contributed by atoms with Gasteiger partial charge in [0.1, 0.15) is 0 Å². The third kappa shape index (κ3) is 4.43. The maximum Gasteiger partial charge on any atom is 0.0548 e. The van der Waals surface area contributed by atoms with E-state index in [1.807, 2.05) is 0 Å². The van der Waals surface area contributed by atoms with Gasteiger partial charge in [-0.1, -0.05) is 146 Å². The minimum absolute atomic E-state index is 0.934. The fraction of sp³-hybridized carbons (Fsp3) is 0.0189. The van der Waals surface area contributed by atoms with Gasteiger partial charge < -0.3 is 9.13 Å². The van der Waals surface area contributed by atoms with Crippen LogP contribution in [0.1, 0.15) is 11.1 Å². The SMILES string of the molecule is c1ccc(-c2cccc3c2Cc2c(-c4ccc(-n5c6ccccc6c6c7c8ccccc8n(-c8ccc9ccccc9c8)c7ccc65)cc4)cccc2-3)cc1. The Hall–Kier alpha value is -7.16. The molecule has 55 heavy (non-hydrogen) atoms. The lowest BCUT2D eigenvalue weighted by atomic mass is 9.95. The van der Waals surface area contributed by atoms with Crippen molar-refractivity contribution >= 4 is 54.4 Å². The van der Waals surface area contributed by atoms with Crippen LogP contribution in [0.5, 0.6) is 0 Å². The summed E-state index contributed by atoms with van der Waals surface area (Å²) in [4.78, 5) is 0. The molecular weight excluding hydrogens is 665 g/mol. The van der Waals surface area contributed by atoms with Crippen molar-refractivity contribution in [3.05, 3.63) is 205 Å². The number of hydrogen-bond donors (Lipinski definition) is 0. The van der Waals surface area contributed by atoms with Crippen LogP contribution in [0, 0.1) is 0 Å². The molecule has 0 radical (unpaired) electrons. The first-order chi connectivity index (χ1) is 27.3. The Morgan fingerprint density at radius 1 is 0.309 bits per heavy atom. The van der Waals surface area contributed by atoms with Crippen molar-refractivity contribution in [2.45, 2.75) is 6.42 Å². The van der Waals surface area contributed by atoms with Gasteiger partial charge in [0, 0.05) is 32.9 Å². The molecule has 1 aliphatic carbocycles. The van der Waals surface area contributed by atoms with Crippen LogP contribution in [0.4, 0.5) is 0 Å². The number of rotatable bonds is 4. The Labute approximate surface area is 318 Å². The minimum Gasteiger partial charge on any atom is -0.309 e. The van der Waals surface area contributed by atoms with Crippen molar-refractivity contribution in [1.82, 2.24) is 9.13 Å². The first-order valence-corrected chi connectivity index (χ1v) is 19.1. The molecule has 1 aliphatic rings. The molecule has 256 valence electrons. The van der Waals surface area contributed by atoms with Gasteiger partial charge in [-0.15, -0.1) is 0 Å². The molecule has 2 nitrogen and oxygen atoms in total. The summed E-state index contributed by atoms with van der Waals surface area (Å²) in [5.41, 5.74) is 17.9. The molecule has 0 N–H and O–H groups in total. The summed E-state index contributed by atoms with van der Waals surface area (Å²) in [6.07, 6.45) is 0.934. The maximum absolute atomic E-state index is 2.45. The minimum atomic E-state index is 0.934. The van der Waals surface area contributed by atoms with E-state index in [-0.39, 0.29) is 0 Å². The predicted molar refractivity (Wildman–Crippen MR) is 232 cm³/mol. The summed E-state index contributed by atoms with van der Waals surface area (Å²) >= 11 is 0. The number of fused-ring (bicyclic) bond motifs is 11. The summed E-state index contributed by atoms with van der Waals surface area (Å²) in [6, 6.07) is 71.5. The Morgan fingerprint density at radius 2 is 0.800 bits per heavy atom. The van der Waals surface area contributed by atoms with Gasteiger partial charge in [0.15, 0.2) is 0 Å². The topological polar surface area (TPSA) is 9.86 Å². The number of hydrogen-bond acceptors (Lipinski definition) is 0. The molecule has 0 saturated heterocycles. The molecule has 0 bridgehead atoms. The van der Waals surface area contributed by atoms with Crippen LogP contribution < -0.4 is 0 Å². The van der Waals surface area contributed by atoms with Gasteiger partial charge in [-0.3, -0.25) is 0 Å². The van der Waals surface area contributed by atoms with Gasteiger partial charge in [-0.05, 0) is 110 Å². The summed E-state index contributed by atoms with van der Waals surface area (Å²) < 4.78 is 4.89. The second kappa shape index (κ2) is 11.7. The first-order valence-electron chi connectivity index (χ1n) is 19.1. The van der Waals surface area contributed by atoms with E-state index in [0.29, 0.717) is 0 Å². The van der Waals surface area contributed by atoms with Gasteiger partial charge in [-0.2, -0.15) is 0 Å². The fourth-order valence-corrected chi connectivity index (χ4v) is 9.58. The molecule has 2 heteroatoms. The number of aromatic nitrogens is 2. The third-order valence-corrected chi connectivity index (χ3v) is 12.0. The zero-order valence-corrected chi connectivity index (χ0v) is 30.1. The molecule has 12 rings (SSSR count). The van der Waals surface area contributed by atoms with Crippen LogP contribution in [0.25, 0.3) is 99.1 Å². The molecule has 0 spiro atoms. The molecule has 0 amide bonds. The molecule has 11 aromatic rings. The smallest absolute Gasteiger partial charge is 0.0548 e. The molecule has 0 unspecified atom stereocenters. The molecule has 0 saturated carbocycles. The van der Waals surface area contributed by atoms with Crippen LogP contribution >= 0.6 is 0 Å². The van der Waals surface area contributed by atoms with Crippen molar-refractivity contribution in [2.75, 3.05) is 0 Å². The lowest BCUT2D eigenvalue weighted by Gasteiger charge is -2.12. The van der Waals surface area contributed by atoms with Crippen LogP contribution in [0.2, 0.25) is 0 Å². The normalized spacial score (nSPS) is 12.3. The van der Waals surface area contributed by atoms with Gasteiger partial charge in [-0.25, -0.2) is 0 Å². The van der Waals surface area contributed by atoms with Gasteiger partial charge in [0.05, 0.1) is 22.1 Å². The quantitative estimate of drug-likeness (QED) is 0.173. The molecule has 0 fully saturated rings. The largest absolute Gasteiger partial charge is 0.309 e. The highest BCUT2D eigenvalue weighted by atomic mass is 15.0. The number of para-hydroxylation sites is 2. The third-order valence-electron chi connectivity index (χ3n) is 12.0. The highest BCUT2D eigenvalue weighted by Gasteiger charge is 2.25. The average Bonchev–Trinajstić information content (AvgIpc) is 3.92. The van der Waals surface area contributed by atoms with Gasteiger partial charge >= 0.3 is 0 Å². The Kier molecular flexibility index (Phi) is 6.43. The molecular formula is C53H34N2. The van der Waals surface area contributed by atoms with Crippen molar-refractivity contribution in [2.24, 2.45) is 0 Å². The second-order valence-electron chi connectivity index (χ2n) is 14.8. The van der Waals surface area contributed by atoms with E-state index in [1.54, 1.807) is 0 Å². The molecule has 2 aromatic heterocycles. The van der Waals surface area contributed by atoms with E-state index >= 15 is 0 Å². The second-order valence-corrected chi connectivity index (χ2v) is 14.8. The first kappa shape index (κ1) is 30.3. The summed E-state index contributed by atoms with van der Waals surface area (Å²) in [6.45, 7) is 0. The van der Waals surface area contributed by atoms with E-state index in [0.717, 1.165) is 12.1 Å². The fourth-order valence-electron chi connectivity index (χ4n) is 9.58. The Bertz CT molecular complexity index is 3320. The van der Waals surface area contributed by atoms with Crippen LogP contribution in [-0.4, -0.2) is 9.13 Å². The van der Waals surface area contributed by atoms with Crippen molar-refractivity contribution < 1.29 is 0 Å². The Balaban J connectivity index is 1.01. The van der Waals surface area contributed by atoms with Crippen molar-refractivity contribution in [3.8, 4) is 44.8 Å². The van der Waals surface area contributed by atoms with E-state index in [2.05, 4.69) is 203 Å². The van der Waals surface area contributed by atoms with Crippen LogP contribution in [0.15, 0.2) is 194 Å². The van der Waals surface area contributed by atoms with Crippen LogP contribution in [0.3, 0.4) is 0 Å². The van der Waals surface area contributed by atoms with Crippen molar-refractivity contribution in [3.63, 3.8) is 0 Å². The zero-order valence-electron chi connectivity index (χ0n) is 30.1.